The molecule has 0 aliphatic rings. The van der Waals surface area contributed by atoms with Crippen LogP contribution < -0.4 is 0 Å². The van der Waals surface area contributed by atoms with Crippen molar-refractivity contribution in [3.05, 3.63) is 31.0 Å². The first-order valence-corrected chi connectivity index (χ1v) is 4.66. The molecule has 1 aromatic carbocycles. The Hall–Kier alpha value is 0.650. The molecule has 0 aliphatic heterocycles. The molecule has 1 aromatic rings. The third-order valence-corrected chi connectivity index (χ3v) is 3.09. The van der Waals surface area contributed by atoms with Gasteiger partial charge >= 0.3 is 0 Å². The Morgan fingerprint density at radius 1 is 1.50 bits per heavy atom. The van der Waals surface area contributed by atoms with E-state index in [9.17, 15) is 4.39 Å². The SMILES string of the molecule is Fc1cc(I)c(Cl)cc1Br. The van der Waals surface area contributed by atoms with E-state index in [0.717, 1.165) is 3.57 Å². The normalized spacial score (nSPS) is 10.0. The topological polar surface area (TPSA) is 0 Å². The van der Waals surface area contributed by atoms with Crippen molar-refractivity contribution in [2.24, 2.45) is 0 Å². The molecule has 0 saturated heterocycles. The summed E-state index contributed by atoms with van der Waals surface area (Å²) in [7, 11) is 0. The van der Waals surface area contributed by atoms with Crippen LogP contribution in [0, 0.1) is 9.39 Å². The summed E-state index contributed by atoms with van der Waals surface area (Å²) in [5.41, 5.74) is 0. The first-order valence-electron chi connectivity index (χ1n) is 2.41. The van der Waals surface area contributed by atoms with Crippen LogP contribution in [0.5, 0.6) is 0 Å². The summed E-state index contributed by atoms with van der Waals surface area (Å²) in [6.07, 6.45) is 0. The summed E-state index contributed by atoms with van der Waals surface area (Å²) < 4.78 is 13.8. The zero-order valence-corrected chi connectivity index (χ0v) is 9.17. The summed E-state index contributed by atoms with van der Waals surface area (Å²) in [6.45, 7) is 0. The van der Waals surface area contributed by atoms with Gasteiger partial charge in [-0.25, -0.2) is 4.39 Å². The standard InChI is InChI=1S/C6H2BrClFI/c7-3-1-4(8)6(10)2-5(3)9/h1-2H. The van der Waals surface area contributed by atoms with Gasteiger partial charge in [0.15, 0.2) is 0 Å². The molecule has 10 heavy (non-hydrogen) atoms. The van der Waals surface area contributed by atoms with Crippen LogP contribution in [0.4, 0.5) is 4.39 Å². The molecular weight excluding hydrogens is 333 g/mol. The van der Waals surface area contributed by atoms with Crippen LogP contribution in [0.1, 0.15) is 0 Å². The maximum Gasteiger partial charge on any atom is 0.138 e. The Morgan fingerprint density at radius 2 is 2.10 bits per heavy atom. The third kappa shape index (κ3) is 1.83. The molecule has 0 nitrogen and oxygen atoms in total. The number of rotatable bonds is 0. The van der Waals surface area contributed by atoms with Crippen LogP contribution in [0.2, 0.25) is 5.02 Å². The fourth-order valence-electron chi connectivity index (χ4n) is 0.498. The minimum Gasteiger partial charge on any atom is -0.206 e. The predicted molar refractivity (Wildman–Crippen MR) is 51.8 cm³/mol. The van der Waals surface area contributed by atoms with Crippen molar-refractivity contribution in [2.75, 3.05) is 0 Å². The summed E-state index contributed by atoms with van der Waals surface area (Å²) in [4.78, 5) is 0. The largest absolute Gasteiger partial charge is 0.206 e. The van der Waals surface area contributed by atoms with Crippen molar-refractivity contribution in [1.82, 2.24) is 0 Å². The first kappa shape index (κ1) is 8.74. The highest BCUT2D eigenvalue weighted by Gasteiger charge is 2.02. The number of hydrogen-bond acceptors (Lipinski definition) is 0. The lowest BCUT2D eigenvalue weighted by atomic mass is 10.3. The van der Waals surface area contributed by atoms with Crippen molar-refractivity contribution in [3.8, 4) is 0 Å². The second-order valence-corrected chi connectivity index (χ2v) is 4.10. The molecule has 0 fully saturated rings. The Morgan fingerprint density at radius 3 is 2.60 bits per heavy atom. The van der Waals surface area contributed by atoms with E-state index in [1.807, 2.05) is 22.6 Å². The van der Waals surface area contributed by atoms with E-state index in [1.165, 1.54) is 6.07 Å². The van der Waals surface area contributed by atoms with Gasteiger partial charge in [0.2, 0.25) is 0 Å². The van der Waals surface area contributed by atoms with Gasteiger partial charge in [-0.15, -0.1) is 0 Å². The summed E-state index contributed by atoms with van der Waals surface area (Å²) >= 11 is 10.7. The molecule has 0 spiro atoms. The smallest absolute Gasteiger partial charge is 0.138 e. The molecule has 0 atom stereocenters. The number of benzene rings is 1. The van der Waals surface area contributed by atoms with Crippen molar-refractivity contribution >= 4 is 50.1 Å². The summed E-state index contributed by atoms with van der Waals surface area (Å²) in [6, 6.07) is 2.92. The summed E-state index contributed by atoms with van der Waals surface area (Å²) in [5.74, 6) is -0.284. The monoisotopic (exact) mass is 334 g/mol. The van der Waals surface area contributed by atoms with Gasteiger partial charge in [0, 0.05) is 3.57 Å². The summed E-state index contributed by atoms with van der Waals surface area (Å²) in [5, 5.41) is 0.564. The van der Waals surface area contributed by atoms with Gasteiger partial charge in [-0.05, 0) is 50.7 Å². The molecule has 54 valence electrons. The van der Waals surface area contributed by atoms with Gasteiger partial charge < -0.3 is 0 Å². The molecule has 0 N–H and O–H groups in total. The van der Waals surface area contributed by atoms with Crippen LogP contribution in [-0.4, -0.2) is 0 Å². The quantitative estimate of drug-likeness (QED) is 0.499. The maximum absolute atomic E-state index is 12.6. The van der Waals surface area contributed by atoms with Crippen molar-refractivity contribution in [2.45, 2.75) is 0 Å². The van der Waals surface area contributed by atoms with Gasteiger partial charge in [-0.1, -0.05) is 11.6 Å². The highest BCUT2D eigenvalue weighted by atomic mass is 127. The molecule has 4 heteroatoms. The molecule has 0 heterocycles. The Bertz CT molecular complexity index is 214. The lowest BCUT2D eigenvalue weighted by Gasteiger charge is -1.96. The maximum atomic E-state index is 12.6. The van der Waals surface area contributed by atoms with Crippen LogP contribution in [-0.2, 0) is 0 Å². The van der Waals surface area contributed by atoms with Gasteiger partial charge in [0.25, 0.3) is 0 Å². The minimum atomic E-state index is -0.284. The predicted octanol–water partition coefficient (Wildman–Crippen LogP) is 3.85. The van der Waals surface area contributed by atoms with Crippen molar-refractivity contribution < 1.29 is 4.39 Å². The second kappa shape index (κ2) is 3.36. The minimum absolute atomic E-state index is 0.284. The van der Waals surface area contributed by atoms with E-state index in [1.54, 1.807) is 6.07 Å². The van der Waals surface area contributed by atoms with Crippen LogP contribution >= 0.6 is 50.1 Å². The highest BCUT2D eigenvalue weighted by molar-refractivity contribution is 14.1. The van der Waals surface area contributed by atoms with E-state index >= 15 is 0 Å². The fourth-order valence-corrected chi connectivity index (χ4v) is 1.57. The van der Waals surface area contributed by atoms with Gasteiger partial charge in [0.1, 0.15) is 5.82 Å². The molecule has 0 aliphatic carbocycles. The molecule has 1 rings (SSSR count). The lowest BCUT2D eigenvalue weighted by molar-refractivity contribution is 0.620. The van der Waals surface area contributed by atoms with Crippen LogP contribution in [0.3, 0.4) is 0 Å². The van der Waals surface area contributed by atoms with Crippen LogP contribution in [0.25, 0.3) is 0 Å². The number of halogens is 4. The first-order chi connectivity index (χ1) is 4.61. The average Bonchev–Trinajstić information content (AvgIpc) is 1.84. The molecular formula is C6H2BrClFI. The molecule has 0 radical (unpaired) electrons. The second-order valence-electron chi connectivity index (χ2n) is 1.68. The Labute approximate surface area is 85.0 Å². The third-order valence-electron chi connectivity index (χ3n) is 0.963. The van der Waals surface area contributed by atoms with E-state index in [-0.39, 0.29) is 5.82 Å². The highest BCUT2D eigenvalue weighted by Crippen LogP contribution is 2.25. The van der Waals surface area contributed by atoms with Gasteiger partial charge in [0.05, 0.1) is 9.50 Å². The van der Waals surface area contributed by atoms with Crippen molar-refractivity contribution in [1.29, 1.82) is 0 Å². The zero-order chi connectivity index (χ0) is 7.72. The number of hydrogen-bond donors (Lipinski definition) is 0. The van der Waals surface area contributed by atoms with Gasteiger partial charge in [-0.3, -0.25) is 0 Å². The lowest BCUT2D eigenvalue weighted by Crippen LogP contribution is -1.80. The van der Waals surface area contributed by atoms with E-state index < -0.39 is 0 Å². The van der Waals surface area contributed by atoms with Crippen molar-refractivity contribution in [3.63, 3.8) is 0 Å². The molecule has 0 aromatic heterocycles. The van der Waals surface area contributed by atoms with Gasteiger partial charge in [-0.2, -0.15) is 0 Å². The van der Waals surface area contributed by atoms with Crippen LogP contribution in [0.15, 0.2) is 16.6 Å². The zero-order valence-electron chi connectivity index (χ0n) is 4.67. The molecule has 0 bridgehead atoms. The molecule has 0 saturated carbocycles. The van der Waals surface area contributed by atoms with E-state index in [0.29, 0.717) is 9.50 Å². The Kier molecular flexibility index (Phi) is 2.94. The van der Waals surface area contributed by atoms with E-state index in [2.05, 4.69) is 15.9 Å². The van der Waals surface area contributed by atoms with E-state index in [4.69, 9.17) is 11.6 Å². The average molecular weight is 335 g/mol. The molecule has 0 unspecified atom stereocenters. The Balaban J connectivity index is 3.28. The molecule has 0 amide bonds. The fraction of sp³-hybridized carbons (Fsp3) is 0.